The van der Waals surface area contributed by atoms with Gasteiger partial charge in [-0.2, -0.15) is 0 Å². The molecule has 27 heavy (non-hydrogen) atoms. The van der Waals surface area contributed by atoms with E-state index in [0.717, 1.165) is 9.54 Å². The molecule has 8 nitrogen and oxygen atoms in total. The van der Waals surface area contributed by atoms with Crippen molar-refractivity contribution in [3.05, 3.63) is 53.9 Å². The Balaban J connectivity index is 1.83. The summed E-state index contributed by atoms with van der Waals surface area (Å²) in [7, 11) is -3.81. The quantitative estimate of drug-likeness (QED) is 0.842. The summed E-state index contributed by atoms with van der Waals surface area (Å²) in [6.07, 6.45) is 1.02. The number of amides is 1. The van der Waals surface area contributed by atoms with Crippen molar-refractivity contribution in [2.75, 3.05) is 13.1 Å². The number of ether oxygens (including phenoxy) is 1. The minimum absolute atomic E-state index is 0.0889. The Labute approximate surface area is 157 Å². The van der Waals surface area contributed by atoms with Crippen molar-refractivity contribution in [3.63, 3.8) is 0 Å². The van der Waals surface area contributed by atoms with E-state index < -0.39 is 34.1 Å². The number of aliphatic carboxylic acids is 1. The zero-order valence-corrected chi connectivity index (χ0v) is 15.7. The number of carbonyl (C=O) groups excluding carboxylic acids is 1. The predicted octanol–water partition coefficient (Wildman–Crippen LogP) is 1.35. The molecule has 0 aliphatic carbocycles. The summed E-state index contributed by atoms with van der Waals surface area (Å²) in [6, 6.07) is 7.82. The summed E-state index contributed by atoms with van der Waals surface area (Å²) in [5.74, 6) is -1.58. The summed E-state index contributed by atoms with van der Waals surface area (Å²) in [4.78, 5) is 25.4. The van der Waals surface area contributed by atoms with Crippen LogP contribution in [0.15, 0.2) is 47.6 Å². The molecule has 0 radical (unpaired) electrons. The average Bonchev–Trinajstić information content (AvgIpc) is 3.11. The van der Waals surface area contributed by atoms with Crippen LogP contribution in [0.25, 0.3) is 0 Å². The third kappa shape index (κ3) is 3.88. The highest BCUT2D eigenvalue weighted by Gasteiger charge is 2.33. The second kappa shape index (κ2) is 7.16. The summed E-state index contributed by atoms with van der Waals surface area (Å²) in [5, 5.41) is 9.14. The van der Waals surface area contributed by atoms with Gasteiger partial charge in [0.25, 0.3) is 15.9 Å². The number of aromatic nitrogens is 1. The second-order valence-electron chi connectivity index (χ2n) is 6.53. The summed E-state index contributed by atoms with van der Waals surface area (Å²) in [5.41, 5.74) is 1.11. The van der Waals surface area contributed by atoms with E-state index in [1.54, 1.807) is 19.1 Å². The highest BCUT2D eigenvalue weighted by atomic mass is 32.2. The normalized spacial score (nSPS) is 20.4. The van der Waals surface area contributed by atoms with Crippen LogP contribution in [0.4, 0.5) is 0 Å². The maximum absolute atomic E-state index is 12.7. The van der Waals surface area contributed by atoms with E-state index in [1.165, 1.54) is 35.5 Å². The molecule has 9 heteroatoms. The summed E-state index contributed by atoms with van der Waals surface area (Å²) in [6.45, 7) is 3.69. The fraction of sp³-hybridized carbons (Fsp3) is 0.333. The van der Waals surface area contributed by atoms with Gasteiger partial charge >= 0.3 is 5.97 Å². The third-order valence-corrected chi connectivity index (χ3v) is 5.98. The number of carboxylic acids is 1. The molecule has 2 aromatic rings. The monoisotopic (exact) mass is 392 g/mol. The van der Waals surface area contributed by atoms with E-state index in [-0.39, 0.29) is 23.5 Å². The van der Waals surface area contributed by atoms with Crippen LogP contribution in [-0.4, -0.2) is 59.6 Å². The van der Waals surface area contributed by atoms with Crippen LogP contribution in [0.3, 0.4) is 0 Å². The first-order valence-electron chi connectivity index (χ1n) is 8.36. The largest absolute Gasteiger partial charge is 0.479 e. The molecule has 1 amide bonds. The lowest BCUT2D eigenvalue weighted by Gasteiger charge is -2.34. The molecule has 1 saturated heterocycles. The van der Waals surface area contributed by atoms with Crippen LogP contribution in [0.1, 0.15) is 22.8 Å². The number of rotatable bonds is 4. The fourth-order valence-corrected chi connectivity index (χ4v) is 4.12. The van der Waals surface area contributed by atoms with Gasteiger partial charge in [-0.05, 0) is 32.0 Å². The second-order valence-corrected chi connectivity index (χ2v) is 8.38. The van der Waals surface area contributed by atoms with Gasteiger partial charge in [-0.3, -0.25) is 4.79 Å². The number of morpholine rings is 1. The van der Waals surface area contributed by atoms with Crippen molar-refractivity contribution < 1.29 is 27.9 Å². The van der Waals surface area contributed by atoms with Gasteiger partial charge in [0.15, 0.2) is 6.10 Å². The van der Waals surface area contributed by atoms with E-state index >= 15 is 0 Å². The molecule has 2 atom stereocenters. The zero-order valence-electron chi connectivity index (χ0n) is 14.9. The first-order valence-corrected chi connectivity index (χ1v) is 9.80. The lowest BCUT2D eigenvalue weighted by Crippen LogP contribution is -2.51. The fourth-order valence-electron chi connectivity index (χ4n) is 2.92. The summed E-state index contributed by atoms with van der Waals surface area (Å²) < 4.78 is 31.7. The first-order chi connectivity index (χ1) is 12.7. The molecule has 0 saturated carbocycles. The Morgan fingerprint density at radius 1 is 1.15 bits per heavy atom. The molecular weight excluding hydrogens is 372 g/mol. The highest BCUT2D eigenvalue weighted by Crippen LogP contribution is 2.19. The Morgan fingerprint density at radius 2 is 1.81 bits per heavy atom. The molecule has 0 bridgehead atoms. The smallest absolute Gasteiger partial charge is 0.334 e. The van der Waals surface area contributed by atoms with E-state index in [0.29, 0.717) is 0 Å². The lowest BCUT2D eigenvalue weighted by atomic mass is 10.2. The van der Waals surface area contributed by atoms with Crippen molar-refractivity contribution in [3.8, 4) is 0 Å². The SMILES string of the molecule is Cc1ccc(S(=O)(=O)n2ccc(C(=O)N3CC(C(=O)O)O[C@H](C)C3)c2)cc1. The van der Waals surface area contributed by atoms with Crippen molar-refractivity contribution in [1.82, 2.24) is 8.87 Å². The van der Waals surface area contributed by atoms with Gasteiger partial charge in [0.1, 0.15) is 0 Å². The van der Waals surface area contributed by atoms with Gasteiger partial charge in [-0.25, -0.2) is 17.2 Å². The van der Waals surface area contributed by atoms with Crippen LogP contribution in [0.2, 0.25) is 0 Å². The van der Waals surface area contributed by atoms with E-state index in [9.17, 15) is 18.0 Å². The van der Waals surface area contributed by atoms with Crippen molar-refractivity contribution in [1.29, 1.82) is 0 Å². The van der Waals surface area contributed by atoms with Crippen molar-refractivity contribution in [2.24, 2.45) is 0 Å². The predicted molar refractivity (Wildman–Crippen MR) is 96.1 cm³/mol. The number of nitrogens with zero attached hydrogens (tertiary/aromatic N) is 2. The zero-order chi connectivity index (χ0) is 19.8. The van der Waals surface area contributed by atoms with Gasteiger partial charge in [-0.1, -0.05) is 17.7 Å². The molecule has 1 aliphatic heterocycles. The van der Waals surface area contributed by atoms with E-state index in [1.807, 2.05) is 6.92 Å². The molecule has 144 valence electrons. The third-order valence-electron chi connectivity index (χ3n) is 4.33. The maximum atomic E-state index is 12.7. The van der Waals surface area contributed by atoms with Crippen molar-refractivity contribution >= 4 is 21.9 Å². The van der Waals surface area contributed by atoms with E-state index in [4.69, 9.17) is 9.84 Å². The van der Waals surface area contributed by atoms with Crippen LogP contribution >= 0.6 is 0 Å². The molecule has 1 aliphatic rings. The molecule has 0 spiro atoms. The molecule has 3 rings (SSSR count). The molecule has 1 unspecified atom stereocenters. The van der Waals surface area contributed by atoms with Crippen molar-refractivity contribution in [2.45, 2.75) is 31.0 Å². The van der Waals surface area contributed by atoms with Gasteiger partial charge < -0.3 is 14.7 Å². The molecule has 1 aromatic heterocycles. The van der Waals surface area contributed by atoms with Gasteiger partial charge in [-0.15, -0.1) is 0 Å². The van der Waals surface area contributed by atoms with Crippen LogP contribution in [0.5, 0.6) is 0 Å². The first kappa shape index (κ1) is 19.1. The number of hydrogen-bond donors (Lipinski definition) is 1. The number of carboxylic acid groups (broad SMARTS) is 1. The Kier molecular flexibility index (Phi) is 5.07. The molecule has 1 N–H and O–H groups in total. The average molecular weight is 392 g/mol. The minimum Gasteiger partial charge on any atom is -0.479 e. The number of benzene rings is 1. The summed E-state index contributed by atoms with van der Waals surface area (Å²) >= 11 is 0. The van der Waals surface area contributed by atoms with Crippen LogP contribution in [0, 0.1) is 6.92 Å². The lowest BCUT2D eigenvalue weighted by molar-refractivity contribution is -0.160. The molecular formula is C18H20N2O6S. The van der Waals surface area contributed by atoms with Gasteiger partial charge in [0.2, 0.25) is 0 Å². The standard InChI is InChI=1S/C18H20N2O6S/c1-12-3-5-15(6-4-12)27(24,25)20-8-7-14(10-20)17(21)19-9-13(2)26-16(11-19)18(22)23/h3-8,10,13,16H,9,11H2,1-2H3,(H,22,23)/t13-,16?/m1/s1. The number of carbonyl (C=O) groups is 2. The Bertz CT molecular complexity index is 964. The minimum atomic E-state index is -3.81. The molecule has 1 fully saturated rings. The van der Waals surface area contributed by atoms with Gasteiger partial charge in [0, 0.05) is 18.9 Å². The topological polar surface area (TPSA) is 106 Å². The highest BCUT2D eigenvalue weighted by molar-refractivity contribution is 7.90. The maximum Gasteiger partial charge on any atom is 0.334 e. The number of aryl methyl sites for hydroxylation is 1. The molecule has 1 aromatic carbocycles. The van der Waals surface area contributed by atoms with Crippen LogP contribution in [-0.2, 0) is 19.6 Å². The Morgan fingerprint density at radius 3 is 2.44 bits per heavy atom. The van der Waals surface area contributed by atoms with Crippen LogP contribution < -0.4 is 0 Å². The number of hydrogen-bond acceptors (Lipinski definition) is 5. The van der Waals surface area contributed by atoms with Gasteiger partial charge in [0.05, 0.1) is 23.1 Å². The van der Waals surface area contributed by atoms with E-state index in [2.05, 4.69) is 0 Å². The molecule has 2 heterocycles. The Hall–Kier alpha value is -2.65.